The molecule has 20 heavy (non-hydrogen) atoms. The van der Waals surface area contributed by atoms with Crippen LogP contribution >= 0.6 is 0 Å². The summed E-state index contributed by atoms with van der Waals surface area (Å²) < 4.78 is 5.00. The Balaban J connectivity index is 2.12. The summed E-state index contributed by atoms with van der Waals surface area (Å²) >= 11 is 0. The summed E-state index contributed by atoms with van der Waals surface area (Å²) in [5, 5.41) is 3.01. The Morgan fingerprint density at radius 1 is 1.40 bits per heavy atom. The second-order valence-corrected chi connectivity index (χ2v) is 5.47. The molecule has 1 heterocycles. The number of methoxy groups -OCH3 is 1. The highest BCUT2D eigenvalue weighted by molar-refractivity contribution is 5.87. The van der Waals surface area contributed by atoms with E-state index >= 15 is 0 Å². The van der Waals surface area contributed by atoms with Crippen LogP contribution in [0.4, 0.5) is 0 Å². The van der Waals surface area contributed by atoms with E-state index in [0.717, 1.165) is 25.8 Å². The van der Waals surface area contributed by atoms with Crippen molar-refractivity contribution in [2.75, 3.05) is 33.9 Å². The van der Waals surface area contributed by atoms with Crippen LogP contribution in [0.15, 0.2) is 30.3 Å². The summed E-state index contributed by atoms with van der Waals surface area (Å²) in [4.78, 5) is 14.8. The van der Waals surface area contributed by atoms with Crippen molar-refractivity contribution in [1.82, 2.24) is 10.2 Å². The van der Waals surface area contributed by atoms with Gasteiger partial charge in [0.2, 0.25) is 5.91 Å². The lowest BCUT2D eigenvalue weighted by Gasteiger charge is -2.35. The minimum atomic E-state index is -0.408. The first-order chi connectivity index (χ1) is 9.69. The van der Waals surface area contributed by atoms with Gasteiger partial charge in [-0.3, -0.25) is 9.69 Å². The second-order valence-electron chi connectivity index (χ2n) is 5.47. The zero-order valence-electron chi connectivity index (χ0n) is 12.4. The van der Waals surface area contributed by atoms with Crippen LogP contribution in [0.5, 0.6) is 0 Å². The molecule has 0 aliphatic carbocycles. The molecule has 1 aromatic carbocycles. The molecule has 0 radical (unpaired) electrons. The Hall–Kier alpha value is -1.39. The van der Waals surface area contributed by atoms with Crippen LogP contribution < -0.4 is 5.32 Å². The SMILES string of the molecule is COCCNC(=O)C1(Cc2ccccc2)CCCN1C. The van der Waals surface area contributed by atoms with Gasteiger partial charge in [0.1, 0.15) is 5.54 Å². The fourth-order valence-electron chi connectivity index (χ4n) is 2.97. The lowest BCUT2D eigenvalue weighted by atomic mass is 9.87. The zero-order chi connectivity index (χ0) is 14.4. The minimum absolute atomic E-state index is 0.124. The van der Waals surface area contributed by atoms with Crippen molar-refractivity contribution in [1.29, 1.82) is 0 Å². The molecule has 0 saturated carbocycles. The molecule has 4 nitrogen and oxygen atoms in total. The molecule has 1 atom stereocenters. The number of rotatable bonds is 6. The number of amides is 1. The zero-order valence-corrected chi connectivity index (χ0v) is 12.4. The van der Waals surface area contributed by atoms with Crippen molar-refractivity contribution >= 4 is 5.91 Å². The summed E-state index contributed by atoms with van der Waals surface area (Å²) in [5.41, 5.74) is 0.804. The molecule has 1 N–H and O–H groups in total. The lowest BCUT2D eigenvalue weighted by molar-refractivity contribution is -0.131. The normalized spacial score (nSPS) is 22.9. The van der Waals surface area contributed by atoms with E-state index in [1.54, 1.807) is 7.11 Å². The molecule has 0 bridgehead atoms. The Kier molecular flexibility index (Phi) is 5.15. The number of benzene rings is 1. The highest BCUT2D eigenvalue weighted by Gasteiger charge is 2.45. The van der Waals surface area contributed by atoms with Crippen LogP contribution in [-0.2, 0) is 16.0 Å². The second kappa shape index (κ2) is 6.86. The van der Waals surface area contributed by atoms with E-state index in [1.165, 1.54) is 5.56 Å². The van der Waals surface area contributed by atoms with Gasteiger partial charge in [-0.05, 0) is 38.4 Å². The molecule has 1 saturated heterocycles. The van der Waals surface area contributed by atoms with Gasteiger partial charge >= 0.3 is 0 Å². The Morgan fingerprint density at radius 2 is 2.15 bits per heavy atom. The number of nitrogens with zero attached hydrogens (tertiary/aromatic N) is 1. The van der Waals surface area contributed by atoms with Gasteiger partial charge in [0.05, 0.1) is 6.61 Å². The third-order valence-electron chi connectivity index (χ3n) is 4.17. The molecule has 0 spiro atoms. The largest absolute Gasteiger partial charge is 0.383 e. The number of carbonyl (C=O) groups is 1. The first-order valence-electron chi connectivity index (χ1n) is 7.21. The lowest BCUT2D eigenvalue weighted by Crippen LogP contribution is -2.56. The summed E-state index contributed by atoms with van der Waals surface area (Å²) in [6, 6.07) is 10.3. The van der Waals surface area contributed by atoms with Gasteiger partial charge < -0.3 is 10.1 Å². The molecule has 1 fully saturated rings. The number of ether oxygens (including phenoxy) is 1. The number of carbonyl (C=O) groups excluding carboxylic acids is 1. The van der Waals surface area contributed by atoms with Gasteiger partial charge in [0, 0.05) is 13.7 Å². The quantitative estimate of drug-likeness (QED) is 0.800. The molecular weight excluding hydrogens is 252 g/mol. The van der Waals surface area contributed by atoms with Gasteiger partial charge in [-0.2, -0.15) is 0 Å². The van der Waals surface area contributed by atoms with Crippen molar-refractivity contribution in [3.8, 4) is 0 Å². The molecule has 1 unspecified atom stereocenters. The molecular formula is C16H24N2O2. The predicted molar refractivity (Wildman–Crippen MR) is 79.6 cm³/mol. The van der Waals surface area contributed by atoms with Crippen molar-refractivity contribution in [3.63, 3.8) is 0 Å². The monoisotopic (exact) mass is 276 g/mol. The van der Waals surface area contributed by atoms with Crippen LogP contribution in [0.1, 0.15) is 18.4 Å². The standard InChI is InChI=1S/C16H24N2O2/c1-18-11-6-9-16(18,15(19)17-10-12-20-2)13-14-7-4-3-5-8-14/h3-5,7-8H,6,9-13H2,1-2H3,(H,17,19). The van der Waals surface area contributed by atoms with Crippen LogP contribution in [0.2, 0.25) is 0 Å². The van der Waals surface area contributed by atoms with E-state index in [4.69, 9.17) is 4.74 Å². The minimum Gasteiger partial charge on any atom is -0.383 e. The number of nitrogens with one attached hydrogen (secondary N) is 1. The van der Waals surface area contributed by atoms with Crippen LogP contribution in [0, 0.1) is 0 Å². The van der Waals surface area contributed by atoms with E-state index in [0.29, 0.717) is 13.2 Å². The molecule has 1 aromatic rings. The van der Waals surface area contributed by atoms with E-state index in [9.17, 15) is 4.79 Å². The maximum atomic E-state index is 12.6. The third kappa shape index (κ3) is 3.19. The molecule has 4 heteroatoms. The Morgan fingerprint density at radius 3 is 2.75 bits per heavy atom. The topological polar surface area (TPSA) is 41.6 Å². The van der Waals surface area contributed by atoms with Gasteiger partial charge in [0.15, 0.2) is 0 Å². The van der Waals surface area contributed by atoms with E-state index in [-0.39, 0.29) is 5.91 Å². The maximum Gasteiger partial charge on any atom is 0.240 e. The van der Waals surface area contributed by atoms with Crippen molar-refractivity contribution in [2.45, 2.75) is 24.8 Å². The molecule has 1 aliphatic heterocycles. The molecule has 1 aliphatic rings. The highest BCUT2D eigenvalue weighted by Crippen LogP contribution is 2.31. The fraction of sp³-hybridized carbons (Fsp3) is 0.562. The molecule has 0 aromatic heterocycles. The van der Waals surface area contributed by atoms with E-state index in [2.05, 4.69) is 22.3 Å². The van der Waals surface area contributed by atoms with E-state index < -0.39 is 5.54 Å². The van der Waals surface area contributed by atoms with E-state index in [1.807, 2.05) is 25.2 Å². The van der Waals surface area contributed by atoms with Crippen LogP contribution in [-0.4, -0.2) is 50.2 Å². The Labute approximate surface area is 121 Å². The summed E-state index contributed by atoms with van der Waals surface area (Å²) in [6.45, 7) is 2.10. The summed E-state index contributed by atoms with van der Waals surface area (Å²) in [5.74, 6) is 0.124. The summed E-state index contributed by atoms with van der Waals surface area (Å²) in [6.07, 6.45) is 2.75. The molecule has 1 amide bonds. The van der Waals surface area contributed by atoms with Gasteiger partial charge in [-0.15, -0.1) is 0 Å². The van der Waals surface area contributed by atoms with Gasteiger partial charge in [0.25, 0.3) is 0 Å². The molecule has 2 rings (SSSR count). The summed E-state index contributed by atoms with van der Waals surface area (Å²) in [7, 11) is 3.69. The predicted octanol–water partition coefficient (Wildman–Crippen LogP) is 1.46. The first kappa shape index (κ1) is 15.0. The average molecular weight is 276 g/mol. The van der Waals surface area contributed by atoms with Crippen LogP contribution in [0.3, 0.4) is 0 Å². The van der Waals surface area contributed by atoms with Gasteiger partial charge in [-0.25, -0.2) is 0 Å². The van der Waals surface area contributed by atoms with Crippen molar-refractivity contribution in [2.24, 2.45) is 0 Å². The third-order valence-corrected chi connectivity index (χ3v) is 4.17. The molecule has 110 valence electrons. The average Bonchev–Trinajstić information content (AvgIpc) is 2.82. The number of hydrogen-bond acceptors (Lipinski definition) is 3. The maximum absolute atomic E-state index is 12.6. The fourth-order valence-corrected chi connectivity index (χ4v) is 2.97. The number of likely N-dealkylation sites (tertiary alicyclic amines) is 1. The highest BCUT2D eigenvalue weighted by atomic mass is 16.5. The van der Waals surface area contributed by atoms with Crippen LogP contribution in [0.25, 0.3) is 0 Å². The van der Waals surface area contributed by atoms with Gasteiger partial charge in [-0.1, -0.05) is 30.3 Å². The van der Waals surface area contributed by atoms with Crippen molar-refractivity contribution in [3.05, 3.63) is 35.9 Å². The smallest absolute Gasteiger partial charge is 0.240 e. The first-order valence-corrected chi connectivity index (χ1v) is 7.21. The number of likely N-dealkylation sites (N-methyl/N-ethyl adjacent to an activating group) is 1. The number of hydrogen-bond donors (Lipinski definition) is 1. The van der Waals surface area contributed by atoms with Crippen molar-refractivity contribution < 1.29 is 9.53 Å². The Bertz CT molecular complexity index is 435.